The lowest BCUT2D eigenvalue weighted by Crippen LogP contribution is -2.31. The lowest BCUT2D eigenvalue weighted by atomic mass is 10.2. The molecule has 0 fully saturated rings. The van der Waals surface area contributed by atoms with Crippen molar-refractivity contribution in [2.24, 2.45) is 0 Å². The third-order valence-electron chi connectivity index (χ3n) is 4.48. The van der Waals surface area contributed by atoms with Gasteiger partial charge in [-0.2, -0.15) is 0 Å². The molecule has 0 saturated heterocycles. The number of benzene rings is 2. The summed E-state index contributed by atoms with van der Waals surface area (Å²) >= 11 is 0. The van der Waals surface area contributed by atoms with Crippen molar-refractivity contribution in [2.45, 2.75) is 30.7 Å². The van der Waals surface area contributed by atoms with Crippen molar-refractivity contribution in [2.75, 3.05) is 11.4 Å². The summed E-state index contributed by atoms with van der Waals surface area (Å²) in [7, 11) is -3.78. The Balaban J connectivity index is 1.71. The van der Waals surface area contributed by atoms with Crippen molar-refractivity contribution in [1.82, 2.24) is 4.72 Å². The topological polar surface area (TPSA) is 107 Å². The molecule has 9 heteroatoms. The molecule has 2 aromatic rings. The maximum Gasteiger partial charge on any atom is 0.240 e. The van der Waals surface area contributed by atoms with E-state index in [2.05, 4.69) is 4.72 Å². The van der Waals surface area contributed by atoms with Crippen LogP contribution in [-0.2, 0) is 32.6 Å². The van der Waals surface area contributed by atoms with Crippen LogP contribution in [0.2, 0.25) is 0 Å². The van der Waals surface area contributed by atoms with Crippen molar-refractivity contribution < 1.29 is 27.5 Å². The molecule has 3 rings (SSSR count). The Bertz CT molecular complexity index is 1010. The van der Waals surface area contributed by atoms with Gasteiger partial charge < -0.3 is 14.8 Å². The summed E-state index contributed by atoms with van der Waals surface area (Å²) < 4.78 is 40.5. The molecule has 0 atom stereocenters. The van der Waals surface area contributed by atoms with Gasteiger partial charge in [-0.25, -0.2) is 17.5 Å². The summed E-state index contributed by atoms with van der Waals surface area (Å²) in [4.78, 5) is 24.2. The number of hydrogen-bond acceptors (Lipinski definition) is 5. The van der Waals surface area contributed by atoms with E-state index in [0.29, 0.717) is 29.8 Å². The largest absolute Gasteiger partial charge is 0.550 e. The van der Waals surface area contributed by atoms with E-state index >= 15 is 0 Å². The first-order chi connectivity index (χ1) is 13.3. The molecule has 2 aromatic carbocycles. The fourth-order valence-corrected chi connectivity index (χ4v) is 4.08. The SMILES string of the molecule is O=C([O-])CCC(=O)N1CCc2cc(S(=O)(=O)NCc3ccc(F)cc3)ccc21. The molecule has 0 spiro atoms. The molecule has 7 nitrogen and oxygen atoms in total. The average molecular weight is 405 g/mol. The molecule has 148 valence electrons. The minimum atomic E-state index is -3.78. The van der Waals surface area contributed by atoms with E-state index in [1.807, 2.05) is 0 Å². The minimum absolute atomic E-state index is 0.0214. The highest BCUT2D eigenvalue weighted by Gasteiger charge is 2.26. The van der Waals surface area contributed by atoms with Crippen LogP contribution in [0.25, 0.3) is 0 Å². The number of nitrogens with one attached hydrogen (secondary N) is 1. The van der Waals surface area contributed by atoms with E-state index in [-0.39, 0.29) is 30.2 Å². The predicted octanol–water partition coefficient (Wildman–Crippen LogP) is 0.723. The van der Waals surface area contributed by atoms with Crippen LogP contribution in [-0.4, -0.2) is 26.8 Å². The van der Waals surface area contributed by atoms with Crippen LogP contribution in [0.1, 0.15) is 24.0 Å². The number of carbonyl (C=O) groups excluding carboxylic acids is 2. The smallest absolute Gasteiger partial charge is 0.240 e. The fraction of sp³-hybridized carbons (Fsp3) is 0.263. The number of carboxylic acid groups (broad SMARTS) is 1. The van der Waals surface area contributed by atoms with E-state index < -0.39 is 21.8 Å². The Morgan fingerprint density at radius 2 is 1.82 bits per heavy atom. The summed E-state index contributed by atoms with van der Waals surface area (Å²) in [5.41, 5.74) is 1.91. The second-order valence-corrected chi connectivity index (χ2v) is 8.18. The zero-order valence-corrected chi connectivity index (χ0v) is 15.7. The fourth-order valence-electron chi connectivity index (χ4n) is 3.01. The monoisotopic (exact) mass is 405 g/mol. The van der Waals surface area contributed by atoms with Gasteiger partial charge in [0.25, 0.3) is 0 Å². The lowest BCUT2D eigenvalue weighted by molar-refractivity contribution is -0.305. The lowest BCUT2D eigenvalue weighted by Gasteiger charge is -2.18. The summed E-state index contributed by atoms with van der Waals surface area (Å²) in [5, 5.41) is 10.5. The van der Waals surface area contributed by atoms with E-state index in [9.17, 15) is 27.5 Å². The number of nitrogens with zero attached hydrogens (tertiary/aromatic N) is 1. The molecular weight excluding hydrogens is 387 g/mol. The van der Waals surface area contributed by atoms with Gasteiger partial charge in [-0.15, -0.1) is 0 Å². The Morgan fingerprint density at radius 3 is 2.50 bits per heavy atom. The number of hydrogen-bond donors (Lipinski definition) is 1. The molecule has 0 bridgehead atoms. The van der Waals surface area contributed by atoms with Crippen LogP contribution in [0.3, 0.4) is 0 Å². The van der Waals surface area contributed by atoms with Crippen LogP contribution < -0.4 is 14.7 Å². The maximum absolute atomic E-state index is 12.9. The zero-order chi connectivity index (χ0) is 20.3. The van der Waals surface area contributed by atoms with Crippen LogP contribution in [0.15, 0.2) is 47.4 Å². The summed E-state index contributed by atoms with van der Waals surface area (Å²) in [5.74, 6) is -2.03. The second-order valence-electron chi connectivity index (χ2n) is 6.41. The van der Waals surface area contributed by atoms with Gasteiger partial charge in [-0.3, -0.25) is 4.79 Å². The molecule has 0 aliphatic carbocycles. The van der Waals surface area contributed by atoms with Gasteiger partial charge in [0.15, 0.2) is 0 Å². The molecule has 0 radical (unpaired) electrons. The van der Waals surface area contributed by atoms with Crippen molar-refractivity contribution in [3.05, 3.63) is 59.4 Å². The quantitative estimate of drug-likeness (QED) is 0.731. The van der Waals surface area contributed by atoms with Crippen LogP contribution >= 0.6 is 0 Å². The first kappa shape index (κ1) is 20.0. The standard InChI is InChI=1S/C19H19FN2O5S/c20-15-3-1-13(2-4-15)12-21-28(26,27)16-5-6-17-14(11-16)9-10-22(17)18(23)7-8-19(24)25/h1-6,11,21H,7-10,12H2,(H,24,25)/p-1. The molecule has 0 saturated carbocycles. The number of aliphatic carboxylic acids is 1. The molecular formula is C19H18FN2O5S-. The second kappa shape index (κ2) is 8.07. The summed E-state index contributed by atoms with van der Waals surface area (Å²) in [6.07, 6.45) is -0.0425. The summed E-state index contributed by atoms with van der Waals surface area (Å²) in [6, 6.07) is 9.96. The number of rotatable bonds is 7. The Morgan fingerprint density at radius 1 is 1.11 bits per heavy atom. The number of anilines is 1. The summed E-state index contributed by atoms with van der Waals surface area (Å²) in [6.45, 7) is 0.390. The average Bonchev–Trinajstić information content (AvgIpc) is 3.09. The first-order valence-electron chi connectivity index (χ1n) is 8.63. The Labute approximate surface area is 161 Å². The number of halogens is 1. The van der Waals surface area contributed by atoms with Crippen LogP contribution in [0.4, 0.5) is 10.1 Å². The van der Waals surface area contributed by atoms with Gasteiger partial charge in [0, 0.05) is 31.2 Å². The van der Waals surface area contributed by atoms with Crippen LogP contribution in [0.5, 0.6) is 0 Å². The van der Waals surface area contributed by atoms with Gasteiger partial charge >= 0.3 is 0 Å². The number of carbonyl (C=O) groups is 2. The molecule has 1 N–H and O–H groups in total. The third kappa shape index (κ3) is 4.55. The Kier molecular flexibility index (Phi) is 5.76. The van der Waals surface area contributed by atoms with Gasteiger partial charge in [0.2, 0.25) is 15.9 Å². The van der Waals surface area contributed by atoms with Crippen molar-refractivity contribution in [3.8, 4) is 0 Å². The predicted molar refractivity (Wildman–Crippen MR) is 97.2 cm³/mol. The molecule has 0 unspecified atom stereocenters. The zero-order valence-electron chi connectivity index (χ0n) is 14.9. The highest BCUT2D eigenvalue weighted by molar-refractivity contribution is 7.89. The van der Waals surface area contributed by atoms with Crippen LogP contribution in [0, 0.1) is 5.82 Å². The molecule has 1 aliphatic rings. The van der Waals surface area contributed by atoms with E-state index in [1.54, 1.807) is 6.07 Å². The van der Waals surface area contributed by atoms with Gasteiger partial charge in [0.05, 0.1) is 4.90 Å². The third-order valence-corrected chi connectivity index (χ3v) is 5.88. The molecule has 28 heavy (non-hydrogen) atoms. The minimum Gasteiger partial charge on any atom is -0.550 e. The highest BCUT2D eigenvalue weighted by atomic mass is 32.2. The number of sulfonamides is 1. The van der Waals surface area contributed by atoms with Crippen molar-refractivity contribution in [3.63, 3.8) is 0 Å². The van der Waals surface area contributed by atoms with E-state index in [1.165, 1.54) is 41.3 Å². The Hall–Kier alpha value is -2.78. The number of amides is 1. The van der Waals surface area contributed by atoms with E-state index in [0.717, 1.165) is 0 Å². The van der Waals surface area contributed by atoms with Crippen molar-refractivity contribution in [1.29, 1.82) is 0 Å². The van der Waals surface area contributed by atoms with Gasteiger partial charge in [0.1, 0.15) is 5.82 Å². The van der Waals surface area contributed by atoms with Gasteiger partial charge in [-0.05, 0) is 54.3 Å². The highest BCUT2D eigenvalue weighted by Crippen LogP contribution is 2.30. The molecule has 1 heterocycles. The van der Waals surface area contributed by atoms with Crippen molar-refractivity contribution >= 4 is 27.6 Å². The van der Waals surface area contributed by atoms with E-state index in [4.69, 9.17) is 0 Å². The number of fused-ring (bicyclic) bond motifs is 1. The molecule has 0 aromatic heterocycles. The normalized spacial score (nSPS) is 13.4. The first-order valence-corrected chi connectivity index (χ1v) is 10.1. The molecule has 1 amide bonds. The maximum atomic E-state index is 12.9. The van der Waals surface area contributed by atoms with Gasteiger partial charge in [-0.1, -0.05) is 12.1 Å². The number of carboxylic acids is 1. The molecule has 1 aliphatic heterocycles.